The smallest absolute Gasteiger partial charge is 0.289 e. The Kier molecular flexibility index (Phi) is 4.94. The summed E-state index contributed by atoms with van der Waals surface area (Å²) in [6.07, 6.45) is -2.89. The molecule has 3 fully saturated rings. The van der Waals surface area contributed by atoms with E-state index >= 15 is 0 Å². The van der Waals surface area contributed by atoms with Crippen LogP contribution < -0.4 is 0 Å². The molecule has 0 N–H and O–H groups in total. The number of nitrogens with zero attached hydrogens (tertiary/aromatic N) is 3. The molecule has 2 heterocycles. The molecule has 158 valence electrons. The first-order valence-electron chi connectivity index (χ1n) is 9.36. The number of carbonyl (C=O) groups is 2. The van der Waals surface area contributed by atoms with Gasteiger partial charge < -0.3 is 0 Å². The summed E-state index contributed by atoms with van der Waals surface area (Å²) in [4.78, 5) is 27.4. The van der Waals surface area contributed by atoms with Crippen molar-refractivity contribution < 1.29 is 31.2 Å². The van der Waals surface area contributed by atoms with Gasteiger partial charge in [0.1, 0.15) is 0 Å². The Balaban J connectivity index is 1.44. The first kappa shape index (κ1) is 20.3. The average molecular weight is 431 g/mol. The highest BCUT2D eigenvalue weighted by Gasteiger charge is 2.48. The molecule has 1 aromatic rings. The lowest BCUT2D eigenvalue weighted by molar-refractivity contribution is -0.140. The molecule has 1 aliphatic carbocycles. The average Bonchev–Trinajstić information content (AvgIpc) is 3.46. The molecule has 29 heavy (non-hydrogen) atoms. The van der Waals surface area contributed by atoms with Crippen molar-refractivity contribution in [2.75, 3.05) is 26.2 Å². The van der Waals surface area contributed by atoms with Crippen LogP contribution in [0.1, 0.15) is 24.8 Å². The molecule has 0 aromatic heterocycles. The molecule has 7 nitrogen and oxygen atoms in total. The van der Waals surface area contributed by atoms with Crippen LogP contribution >= 0.6 is 0 Å². The number of hydrogen-bond acceptors (Lipinski definition) is 5. The van der Waals surface area contributed by atoms with Crippen molar-refractivity contribution in [1.29, 1.82) is 0 Å². The van der Waals surface area contributed by atoms with Gasteiger partial charge in [-0.3, -0.25) is 19.4 Å². The van der Waals surface area contributed by atoms with Crippen LogP contribution in [0, 0.1) is 0 Å². The van der Waals surface area contributed by atoms with Crippen LogP contribution in [0.2, 0.25) is 0 Å². The molecule has 0 radical (unpaired) electrons. The summed E-state index contributed by atoms with van der Waals surface area (Å²) in [5.41, 5.74) is -1.02. The van der Waals surface area contributed by atoms with Gasteiger partial charge in [-0.05, 0) is 31.0 Å². The monoisotopic (exact) mass is 431 g/mol. The van der Waals surface area contributed by atoms with E-state index in [1.165, 1.54) is 4.90 Å². The summed E-state index contributed by atoms with van der Waals surface area (Å²) >= 11 is 0. The number of amides is 2. The van der Waals surface area contributed by atoms with E-state index in [0.29, 0.717) is 6.07 Å². The van der Waals surface area contributed by atoms with Crippen molar-refractivity contribution >= 4 is 21.8 Å². The second-order valence-corrected chi connectivity index (χ2v) is 9.46. The maximum atomic E-state index is 12.9. The van der Waals surface area contributed by atoms with Crippen molar-refractivity contribution in [2.24, 2.45) is 0 Å². The lowest BCUT2D eigenvalue weighted by Gasteiger charge is -2.36. The molecule has 1 saturated carbocycles. The number of hydrogen-bond donors (Lipinski definition) is 0. The highest BCUT2D eigenvalue weighted by atomic mass is 32.2. The van der Waals surface area contributed by atoms with Crippen LogP contribution in [0.4, 0.5) is 13.2 Å². The minimum Gasteiger partial charge on any atom is -0.289 e. The third-order valence-electron chi connectivity index (χ3n) is 5.58. The number of benzene rings is 1. The number of piperazine rings is 1. The van der Waals surface area contributed by atoms with Crippen molar-refractivity contribution in [3.63, 3.8) is 0 Å². The topological polar surface area (TPSA) is 78.0 Å². The number of likely N-dealkylation sites (tertiary alicyclic amines) is 1. The minimum atomic E-state index is -4.63. The number of carbonyl (C=O) groups excluding carboxylic acids is 2. The molecule has 2 aliphatic heterocycles. The predicted molar refractivity (Wildman–Crippen MR) is 95.1 cm³/mol. The molecule has 2 amide bonds. The zero-order valence-electron chi connectivity index (χ0n) is 15.4. The molecule has 0 bridgehead atoms. The zero-order chi connectivity index (χ0) is 21.0. The quantitative estimate of drug-likeness (QED) is 0.672. The number of imide groups is 1. The van der Waals surface area contributed by atoms with Gasteiger partial charge in [0.05, 0.1) is 22.9 Å². The van der Waals surface area contributed by atoms with Gasteiger partial charge in [0, 0.05) is 32.2 Å². The van der Waals surface area contributed by atoms with E-state index in [9.17, 15) is 31.2 Å². The normalized spacial score (nSPS) is 25.1. The summed E-state index contributed by atoms with van der Waals surface area (Å²) in [5, 5.41) is 0. The third-order valence-corrected chi connectivity index (χ3v) is 7.48. The van der Waals surface area contributed by atoms with Gasteiger partial charge >= 0.3 is 6.18 Å². The molecule has 4 rings (SSSR count). The Morgan fingerprint density at radius 1 is 1.00 bits per heavy atom. The fourth-order valence-corrected chi connectivity index (χ4v) is 5.34. The SMILES string of the molecule is O=C1C[C@@H](N2CCN(S(=O)(=O)c3cccc(C(F)(F)F)c3)CC2)C(=O)N1C1CC1. The summed E-state index contributed by atoms with van der Waals surface area (Å²) in [6.45, 7) is 0.556. The number of rotatable bonds is 4. The Labute approximate surface area is 166 Å². The number of alkyl halides is 3. The van der Waals surface area contributed by atoms with E-state index in [4.69, 9.17) is 0 Å². The van der Waals surface area contributed by atoms with Gasteiger partial charge in [-0.15, -0.1) is 0 Å². The van der Waals surface area contributed by atoms with Gasteiger partial charge in [0.15, 0.2) is 0 Å². The van der Waals surface area contributed by atoms with Gasteiger partial charge in [0.2, 0.25) is 21.8 Å². The Bertz CT molecular complexity index is 938. The maximum absolute atomic E-state index is 12.9. The third kappa shape index (κ3) is 3.78. The molecule has 11 heteroatoms. The fourth-order valence-electron chi connectivity index (χ4n) is 3.87. The summed E-state index contributed by atoms with van der Waals surface area (Å²) in [5.74, 6) is -0.423. The van der Waals surface area contributed by atoms with Crippen LogP contribution in [-0.4, -0.2) is 72.6 Å². The van der Waals surface area contributed by atoms with Gasteiger partial charge in [-0.25, -0.2) is 8.42 Å². The van der Waals surface area contributed by atoms with E-state index in [-0.39, 0.29) is 50.5 Å². The van der Waals surface area contributed by atoms with Gasteiger partial charge in [-0.2, -0.15) is 17.5 Å². The second kappa shape index (κ2) is 7.06. The highest BCUT2D eigenvalue weighted by molar-refractivity contribution is 7.89. The standard InChI is InChI=1S/C18H20F3N3O4S/c19-18(20,21)12-2-1-3-14(10-12)29(27,28)23-8-6-22(7-9-23)15-11-16(25)24(17(15)26)13-4-5-13/h1-3,10,13,15H,4-9,11H2/t15-/m1/s1. The van der Waals surface area contributed by atoms with Gasteiger partial charge in [0.25, 0.3) is 0 Å². The Hall–Kier alpha value is -1.98. The van der Waals surface area contributed by atoms with Crippen LogP contribution in [0.3, 0.4) is 0 Å². The van der Waals surface area contributed by atoms with Gasteiger partial charge in [-0.1, -0.05) is 6.07 Å². The number of halogens is 3. The molecule has 3 aliphatic rings. The maximum Gasteiger partial charge on any atom is 0.416 e. The Morgan fingerprint density at radius 3 is 2.24 bits per heavy atom. The van der Waals surface area contributed by atoms with Crippen LogP contribution in [-0.2, 0) is 25.8 Å². The molecule has 1 aromatic carbocycles. The molecular formula is C18H20F3N3O4S. The van der Waals surface area contributed by atoms with E-state index in [1.54, 1.807) is 4.90 Å². The molecule has 0 unspecified atom stereocenters. The lowest BCUT2D eigenvalue weighted by Crippen LogP contribution is -2.53. The van der Waals surface area contributed by atoms with Crippen molar-refractivity contribution in [3.05, 3.63) is 29.8 Å². The molecule has 2 saturated heterocycles. The number of sulfonamides is 1. The molecule has 0 spiro atoms. The fraction of sp³-hybridized carbons (Fsp3) is 0.556. The minimum absolute atomic E-state index is 0.00239. The highest BCUT2D eigenvalue weighted by Crippen LogP contribution is 2.34. The van der Waals surface area contributed by atoms with Crippen molar-refractivity contribution in [3.8, 4) is 0 Å². The van der Waals surface area contributed by atoms with Crippen molar-refractivity contribution in [1.82, 2.24) is 14.1 Å². The second-order valence-electron chi connectivity index (χ2n) is 7.52. The molecular weight excluding hydrogens is 411 g/mol. The summed E-state index contributed by atoms with van der Waals surface area (Å²) in [6, 6.07) is 3.09. The predicted octanol–water partition coefficient (Wildman–Crippen LogP) is 1.30. The van der Waals surface area contributed by atoms with E-state index in [2.05, 4.69) is 0 Å². The van der Waals surface area contributed by atoms with Crippen LogP contribution in [0.15, 0.2) is 29.2 Å². The first-order valence-corrected chi connectivity index (χ1v) is 10.8. The molecule has 1 atom stereocenters. The van der Waals surface area contributed by atoms with E-state index < -0.39 is 32.7 Å². The van der Waals surface area contributed by atoms with E-state index in [1.807, 2.05) is 0 Å². The summed E-state index contributed by atoms with van der Waals surface area (Å²) < 4.78 is 65.4. The van der Waals surface area contributed by atoms with E-state index in [0.717, 1.165) is 35.3 Å². The van der Waals surface area contributed by atoms with Crippen molar-refractivity contribution in [2.45, 2.75) is 42.4 Å². The first-order chi connectivity index (χ1) is 13.6. The summed E-state index contributed by atoms with van der Waals surface area (Å²) in [7, 11) is -4.09. The van der Waals surface area contributed by atoms with Crippen LogP contribution in [0.25, 0.3) is 0 Å². The Morgan fingerprint density at radius 2 is 1.66 bits per heavy atom. The zero-order valence-corrected chi connectivity index (χ0v) is 16.2. The van der Waals surface area contributed by atoms with Crippen LogP contribution in [0.5, 0.6) is 0 Å². The largest absolute Gasteiger partial charge is 0.416 e. The lowest BCUT2D eigenvalue weighted by atomic mass is 10.2.